The highest BCUT2D eigenvalue weighted by Crippen LogP contribution is 2.26. The number of anilines is 1. The summed E-state index contributed by atoms with van der Waals surface area (Å²) in [5.41, 5.74) is 1.31. The number of sulfonamides is 1. The summed E-state index contributed by atoms with van der Waals surface area (Å²) in [6.07, 6.45) is 4.89. The first-order valence-electron chi connectivity index (χ1n) is 10.2. The maximum atomic E-state index is 13.0. The molecule has 0 saturated carbocycles. The van der Waals surface area contributed by atoms with Crippen molar-refractivity contribution in [2.75, 3.05) is 25.2 Å². The Balaban J connectivity index is 1.55. The number of nitrogens with zero attached hydrogens (tertiary/aromatic N) is 4. The highest BCUT2D eigenvalue weighted by molar-refractivity contribution is 7.98. The van der Waals surface area contributed by atoms with Crippen LogP contribution in [0.25, 0.3) is 11.6 Å². The van der Waals surface area contributed by atoms with E-state index in [1.165, 1.54) is 42.3 Å². The number of amidine groups is 1. The minimum atomic E-state index is -3.82. The second-order valence-electron chi connectivity index (χ2n) is 7.48. The summed E-state index contributed by atoms with van der Waals surface area (Å²) in [7, 11) is -1.99. The van der Waals surface area contributed by atoms with Crippen molar-refractivity contribution in [1.82, 2.24) is 14.9 Å². The summed E-state index contributed by atoms with van der Waals surface area (Å²) < 4.78 is 34.6. The van der Waals surface area contributed by atoms with E-state index in [2.05, 4.69) is 19.7 Å². The van der Waals surface area contributed by atoms with Crippen LogP contribution in [0.4, 0.5) is 5.69 Å². The molecule has 0 bridgehead atoms. The fourth-order valence-corrected chi connectivity index (χ4v) is 5.19. The molecule has 0 radical (unpaired) electrons. The zero-order valence-electron chi connectivity index (χ0n) is 18.4. The van der Waals surface area contributed by atoms with Gasteiger partial charge in [0, 0.05) is 25.7 Å². The average molecular weight is 486 g/mol. The summed E-state index contributed by atoms with van der Waals surface area (Å²) in [5, 5.41) is 3.31. The van der Waals surface area contributed by atoms with Crippen LogP contribution in [0.5, 0.6) is 0 Å². The molecule has 4 rings (SSSR count). The van der Waals surface area contributed by atoms with E-state index in [1.807, 2.05) is 18.2 Å². The van der Waals surface area contributed by atoms with E-state index in [4.69, 9.17) is 4.42 Å². The van der Waals surface area contributed by atoms with Gasteiger partial charge >= 0.3 is 0 Å². The third-order valence-corrected chi connectivity index (χ3v) is 7.19. The molecule has 9 nitrogen and oxygen atoms in total. The van der Waals surface area contributed by atoms with Crippen molar-refractivity contribution in [1.29, 1.82) is 0 Å². The lowest BCUT2D eigenvalue weighted by Gasteiger charge is -2.12. The number of hydrogen-bond acceptors (Lipinski definition) is 7. The maximum Gasteiger partial charge on any atom is 0.283 e. The number of carbonyl (C=O) groups is 1. The van der Waals surface area contributed by atoms with Crippen LogP contribution in [0.1, 0.15) is 28.9 Å². The molecule has 1 fully saturated rings. The Hall–Kier alpha value is -3.18. The van der Waals surface area contributed by atoms with E-state index in [9.17, 15) is 13.2 Å². The summed E-state index contributed by atoms with van der Waals surface area (Å²) >= 11 is 1.33. The van der Waals surface area contributed by atoms with Crippen molar-refractivity contribution in [2.45, 2.75) is 29.7 Å². The lowest BCUT2D eigenvalue weighted by molar-refractivity contribution is 0.102. The topological polar surface area (TPSA) is 118 Å². The summed E-state index contributed by atoms with van der Waals surface area (Å²) in [6.45, 7) is 2.53. The Morgan fingerprint density at radius 3 is 2.58 bits per heavy atom. The number of benzene rings is 1. The molecular weight excluding hydrogens is 462 g/mol. The number of aryl methyl sites for hydroxylation is 1. The molecule has 1 amide bonds. The second-order valence-corrected chi connectivity index (χ2v) is 9.88. The normalized spacial score (nSPS) is 15.2. The van der Waals surface area contributed by atoms with Gasteiger partial charge in [-0.1, -0.05) is 0 Å². The van der Waals surface area contributed by atoms with E-state index < -0.39 is 10.0 Å². The van der Waals surface area contributed by atoms with E-state index in [-0.39, 0.29) is 10.8 Å². The molecule has 3 heterocycles. The molecule has 172 valence electrons. The number of likely N-dealkylation sites (tertiary alicyclic amines) is 1. The van der Waals surface area contributed by atoms with Gasteiger partial charge in [-0.05, 0) is 56.0 Å². The van der Waals surface area contributed by atoms with Gasteiger partial charge in [0.2, 0.25) is 0 Å². The third-order valence-electron chi connectivity index (χ3n) is 5.19. The summed E-state index contributed by atoms with van der Waals surface area (Å²) in [6, 6.07) is 9.44. The molecular formula is C22H23N5O4S2. The average Bonchev–Trinajstić information content (AvgIpc) is 3.45. The number of amides is 1. The van der Waals surface area contributed by atoms with Crippen LogP contribution in [0.2, 0.25) is 0 Å². The minimum absolute atomic E-state index is 0.0698. The van der Waals surface area contributed by atoms with Gasteiger partial charge in [-0.25, -0.2) is 9.97 Å². The monoisotopic (exact) mass is 485 g/mol. The number of furan rings is 1. The molecule has 0 atom stereocenters. The predicted octanol–water partition coefficient (Wildman–Crippen LogP) is 3.83. The van der Waals surface area contributed by atoms with Gasteiger partial charge in [-0.2, -0.15) is 8.42 Å². The third kappa shape index (κ3) is 4.93. The van der Waals surface area contributed by atoms with Crippen LogP contribution in [0.15, 0.2) is 61.4 Å². The molecule has 11 heteroatoms. The summed E-state index contributed by atoms with van der Waals surface area (Å²) in [5.74, 6) is 1.10. The van der Waals surface area contributed by atoms with Crippen molar-refractivity contribution in [3.63, 3.8) is 0 Å². The molecule has 1 N–H and O–H groups in total. The summed E-state index contributed by atoms with van der Waals surface area (Å²) in [4.78, 5) is 23.8. The molecule has 1 aliphatic rings. The van der Waals surface area contributed by atoms with Gasteiger partial charge in [0.25, 0.3) is 15.9 Å². The number of thioether (sulfide) groups is 1. The molecule has 1 aromatic carbocycles. The quantitative estimate of drug-likeness (QED) is 0.413. The number of carbonyl (C=O) groups excluding carboxylic acids is 1. The van der Waals surface area contributed by atoms with Gasteiger partial charge < -0.3 is 14.6 Å². The van der Waals surface area contributed by atoms with Crippen molar-refractivity contribution >= 4 is 39.2 Å². The Kier molecular flexibility index (Phi) is 6.52. The molecule has 0 spiro atoms. The Labute approximate surface area is 196 Å². The molecule has 1 saturated heterocycles. The number of rotatable bonds is 6. The SMILES string of the molecule is CSc1nc(-c2ccco2)nc(C)c1C(=O)Nc1ccc(S(=O)(=O)/N=C2/CCCN2C)cc1. The number of nitrogens with one attached hydrogen (secondary N) is 1. The highest BCUT2D eigenvalue weighted by atomic mass is 32.2. The first kappa shape index (κ1) is 23.0. The molecule has 1 aliphatic heterocycles. The largest absolute Gasteiger partial charge is 0.461 e. The van der Waals surface area contributed by atoms with E-state index in [0.29, 0.717) is 45.8 Å². The van der Waals surface area contributed by atoms with Crippen molar-refractivity contribution in [3.05, 3.63) is 53.9 Å². The van der Waals surface area contributed by atoms with Crippen LogP contribution in [0.3, 0.4) is 0 Å². The highest BCUT2D eigenvalue weighted by Gasteiger charge is 2.22. The van der Waals surface area contributed by atoms with Crippen molar-refractivity contribution in [3.8, 4) is 11.6 Å². The van der Waals surface area contributed by atoms with Crippen LogP contribution >= 0.6 is 11.8 Å². The molecule has 0 unspecified atom stereocenters. The van der Waals surface area contributed by atoms with Crippen LogP contribution in [-0.4, -0.2) is 54.9 Å². The zero-order chi connectivity index (χ0) is 23.6. The van der Waals surface area contributed by atoms with Crippen molar-refractivity contribution < 1.29 is 17.6 Å². The van der Waals surface area contributed by atoms with Crippen LogP contribution in [-0.2, 0) is 10.0 Å². The van der Waals surface area contributed by atoms with E-state index in [0.717, 1.165) is 13.0 Å². The lowest BCUT2D eigenvalue weighted by Crippen LogP contribution is -2.20. The number of aromatic nitrogens is 2. The second kappa shape index (κ2) is 9.36. The fraction of sp³-hybridized carbons (Fsp3) is 0.273. The Morgan fingerprint density at radius 2 is 1.97 bits per heavy atom. The Morgan fingerprint density at radius 1 is 1.21 bits per heavy atom. The van der Waals surface area contributed by atoms with Gasteiger partial charge in [-0.3, -0.25) is 4.79 Å². The molecule has 33 heavy (non-hydrogen) atoms. The maximum absolute atomic E-state index is 13.0. The standard InChI is InChI=1S/C22H23N5O4S2/c1-14-19(22(32-3)25-20(23-14)17-6-5-13-31-17)21(28)24-15-8-10-16(11-9-15)33(29,30)26-18-7-4-12-27(18)2/h5-6,8-11,13H,4,7,12H2,1-3H3,(H,24,28)/b26-18-. The van der Waals surface area contributed by atoms with Gasteiger partial charge in [0.15, 0.2) is 11.6 Å². The van der Waals surface area contributed by atoms with Gasteiger partial charge in [0.1, 0.15) is 10.9 Å². The zero-order valence-corrected chi connectivity index (χ0v) is 20.0. The van der Waals surface area contributed by atoms with E-state index in [1.54, 1.807) is 19.1 Å². The van der Waals surface area contributed by atoms with E-state index >= 15 is 0 Å². The van der Waals surface area contributed by atoms with Gasteiger partial charge in [0.05, 0.1) is 22.4 Å². The molecule has 2 aromatic heterocycles. The molecule has 0 aliphatic carbocycles. The minimum Gasteiger partial charge on any atom is -0.461 e. The predicted molar refractivity (Wildman–Crippen MR) is 127 cm³/mol. The Bertz CT molecular complexity index is 1300. The first-order valence-corrected chi connectivity index (χ1v) is 12.9. The lowest BCUT2D eigenvalue weighted by atomic mass is 10.2. The van der Waals surface area contributed by atoms with Crippen LogP contribution in [0, 0.1) is 6.92 Å². The molecule has 3 aromatic rings. The first-order chi connectivity index (χ1) is 15.8. The fourth-order valence-electron chi connectivity index (χ4n) is 3.48. The van der Waals surface area contributed by atoms with Crippen LogP contribution < -0.4 is 5.32 Å². The van der Waals surface area contributed by atoms with Gasteiger partial charge in [-0.15, -0.1) is 16.2 Å². The smallest absolute Gasteiger partial charge is 0.283 e. The van der Waals surface area contributed by atoms with Crippen molar-refractivity contribution in [2.24, 2.45) is 4.40 Å². The number of hydrogen-bond donors (Lipinski definition) is 1.